The predicted molar refractivity (Wildman–Crippen MR) is 78.6 cm³/mol. The minimum Gasteiger partial charge on any atom is -0.375 e. The quantitative estimate of drug-likeness (QED) is 0.788. The molecule has 6 heteroatoms. The molecule has 0 saturated heterocycles. The second-order valence-corrected chi connectivity index (χ2v) is 5.03. The van der Waals surface area contributed by atoms with Crippen LogP contribution in [0.1, 0.15) is 13.3 Å². The number of rotatable bonds is 6. The number of hydrogen-bond donors (Lipinski definition) is 2. The van der Waals surface area contributed by atoms with Crippen LogP contribution in [-0.4, -0.2) is 30.4 Å². The van der Waals surface area contributed by atoms with E-state index < -0.39 is 0 Å². The lowest BCUT2D eigenvalue weighted by molar-refractivity contribution is -0.119. The van der Waals surface area contributed by atoms with E-state index in [9.17, 15) is 9.59 Å². The van der Waals surface area contributed by atoms with Crippen molar-refractivity contribution in [3.05, 3.63) is 24.3 Å². The van der Waals surface area contributed by atoms with Crippen LogP contribution in [0.15, 0.2) is 24.3 Å². The van der Waals surface area contributed by atoms with Gasteiger partial charge in [-0.05, 0) is 24.6 Å². The molecule has 5 nitrogen and oxygen atoms in total. The van der Waals surface area contributed by atoms with Crippen molar-refractivity contribution in [1.29, 1.82) is 0 Å². The first-order chi connectivity index (χ1) is 9.06. The molecule has 1 atom stereocenters. The van der Waals surface area contributed by atoms with Crippen molar-refractivity contribution in [3.8, 4) is 0 Å². The van der Waals surface area contributed by atoms with Gasteiger partial charge in [0.05, 0.1) is 4.83 Å². The van der Waals surface area contributed by atoms with Crippen LogP contribution in [0, 0.1) is 0 Å². The second-order valence-electron chi connectivity index (χ2n) is 3.93. The van der Waals surface area contributed by atoms with Gasteiger partial charge in [0.1, 0.15) is 6.61 Å². The SMILES string of the molecule is CCC(Br)C(=O)Nc1cccc(NC(=O)COC)c1. The molecule has 2 N–H and O–H groups in total. The van der Waals surface area contributed by atoms with Crippen molar-refractivity contribution < 1.29 is 14.3 Å². The molecular formula is C13H17BrN2O3. The molecule has 0 aliphatic heterocycles. The van der Waals surface area contributed by atoms with Crippen molar-refractivity contribution in [2.75, 3.05) is 24.4 Å². The molecule has 1 aromatic carbocycles. The Morgan fingerprint density at radius 3 is 2.53 bits per heavy atom. The molecule has 0 spiro atoms. The summed E-state index contributed by atoms with van der Waals surface area (Å²) in [6, 6.07) is 6.96. The van der Waals surface area contributed by atoms with E-state index in [1.54, 1.807) is 24.3 Å². The van der Waals surface area contributed by atoms with E-state index >= 15 is 0 Å². The summed E-state index contributed by atoms with van der Waals surface area (Å²) in [5, 5.41) is 5.44. The monoisotopic (exact) mass is 328 g/mol. The molecule has 0 fully saturated rings. The van der Waals surface area contributed by atoms with Gasteiger partial charge in [-0.2, -0.15) is 0 Å². The summed E-state index contributed by atoms with van der Waals surface area (Å²) in [5.74, 6) is -0.347. The summed E-state index contributed by atoms with van der Waals surface area (Å²) < 4.78 is 4.73. The smallest absolute Gasteiger partial charge is 0.250 e. The molecule has 0 aliphatic carbocycles. The molecule has 0 radical (unpaired) electrons. The largest absolute Gasteiger partial charge is 0.375 e. The number of methoxy groups -OCH3 is 1. The summed E-state index contributed by atoms with van der Waals surface area (Å²) in [4.78, 5) is 22.9. The first-order valence-electron chi connectivity index (χ1n) is 5.90. The number of ether oxygens (including phenoxy) is 1. The molecule has 1 aromatic rings. The molecule has 0 heterocycles. The highest BCUT2D eigenvalue weighted by Gasteiger charge is 2.12. The van der Waals surface area contributed by atoms with Crippen LogP contribution in [0.2, 0.25) is 0 Å². The second kappa shape index (κ2) is 7.91. The Labute approximate surface area is 120 Å². The van der Waals surface area contributed by atoms with Crippen LogP contribution in [0.4, 0.5) is 11.4 Å². The van der Waals surface area contributed by atoms with Gasteiger partial charge in [0.15, 0.2) is 0 Å². The van der Waals surface area contributed by atoms with E-state index in [-0.39, 0.29) is 23.2 Å². The van der Waals surface area contributed by atoms with Gasteiger partial charge in [-0.25, -0.2) is 0 Å². The lowest BCUT2D eigenvalue weighted by atomic mass is 10.2. The highest BCUT2D eigenvalue weighted by molar-refractivity contribution is 9.10. The zero-order valence-electron chi connectivity index (χ0n) is 10.9. The van der Waals surface area contributed by atoms with Gasteiger partial charge in [-0.15, -0.1) is 0 Å². The van der Waals surface area contributed by atoms with E-state index in [0.717, 1.165) is 0 Å². The number of benzene rings is 1. The fourth-order valence-electron chi connectivity index (χ4n) is 1.41. The molecule has 19 heavy (non-hydrogen) atoms. The van der Waals surface area contributed by atoms with Crippen molar-refractivity contribution in [1.82, 2.24) is 0 Å². The minimum absolute atomic E-state index is 0.00407. The zero-order chi connectivity index (χ0) is 14.3. The Balaban J connectivity index is 2.66. The van der Waals surface area contributed by atoms with Crippen molar-refractivity contribution >= 4 is 39.1 Å². The normalized spacial score (nSPS) is 11.7. The van der Waals surface area contributed by atoms with Gasteiger partial charge >= 0.3 is 0 Å². The number of anilines is 2. The van der Waals surface area contributed by atoms with Gasteiger partial charge in [-0.1, -0.05) is 28.9 Å². The Kier molecular flexibility index (Phi) is 6.52. The summed E-state index contributed by atoms with van der Waals surface area (Å²) >= 11 is 3.28. The van der Waals surface area contributed by atoms with Crippen LogP contribution in [-0.2, 0) is 14.3 Å². The van der Waals surface area contributed by atoms with Crippen LogP contribution in [0.5, 0.6) is 0 Å². The first-order valence-corrected chi connectivity index (χ1v) is 6.82. The number of nitrogens with one attached hydrogen (secondary N) is 2. The fourth-order valence-corrected chi connectivity index (χ4v) is 1.52. The number of carbonyl (C=O) groups is 2. The molecule has 1 unspecified atom stereocenters. The van der Waals surface area contributed by atoms with Gasteiger partial charge in [0.25, 0.3) is 0 Å². The fraction of sp³-hybridized carbons (Fsp3) is 0.385. The highest BCUT2D eigenvalue weighted by atomic mass is 79.9. The maximum Gasteiger partial charge on any atom is 0.250 e. The first kappa shape index (κ1) is 15.7. The molecule has 104 valence electrons. The lowest BCUT2D eigenvalue weighted by Crippen LogP contribution is -2.22. The maximum absolute atomic E-state index is 11.7. The Hall–Kier alpha value is -1.40. The minimum atomic E-state index is -0.238. The maximum atomic E-state index is 11.7. The third-order valence-electron chi connectivity index (χ3n) is 2.33. The summed E-state index contributed by atoms with van der Waals surface area (Å²) in [6.45, 7) is 1.91. The van der Waals surface area contributed by atoms with E-state index in [2.05, 4.69) is 26.6 Å². The average Bonchev–Trinajstić information content (AvgIpc) is 2.38. The lowest BCUT2D eigenvalue weighted by Gasteiger charge is -2.10. The van der Waals surface area contributed by atoms with Crippen LogP contribution >= 0.6 is 15.9 Å². The third kappa shape index (κ3) is 5.40. The molecule has 2 amide bonds. The predicted octanol–water partition coefficient (Wildman–Crippen LogP) is 2.38. The standard InChI is InChI=1S/C13H17BrN2O3/c1-3-11(14)13(18)16-10-6-4-5-9(7-10)15-12(17)8-19-2/h4-7,11H,3,8H2,1-2H3,(H,15,17)(H,16,18). The number of hydrogen-bond acceptors (Lipinski definition) is 3. The van der Waals surface area contributed by atoms with Crippen LogP contribution in [0.25, 0.3) is 0 Å². The molecular weight excluding hydrogens is 312 g/mol. The van der Waals surface area contributed by atoms with E-state index in [1.807, 2.05) is 6.92 Å². The molecule has 0 bridgehead atoms. The Morgan fingerprint density at radius 1 is 1.32 bits per heavy atom. The number of alkyl halides is 1. The van der Waals surface area contributed by atoms with E-state index in [4.69, 9.17) is 4.74 Å². The van der Waals surface area contributed by atoms with Crippen molar-refractivity contribution in [3.63, 3.8) is 0 Å². The van der Waals surface area contributed by atoms with Gasteiger partial charge in [0, 0.05) is 18.5 Å². The van der Waals surface area contributed by atoms with E-state index in [1.165, 1.54) is 7.11 Å². The average molecular weight is 329 g/mol. The van der Waals surface area contributed by atoms with Gasteiger partial charge in [0.2, 0.25) is 11.8 Å². The van der Waals surface area contributed by atoms with Crippen molar-refractivity contribution in [2.24, 2.45) is 0 Å². The summed E-state index contributed by atoms with van der Waals surface area (Å²) in [6.07, 6.45) is 0.704. The molecule has 1 rings (SSSR count). The molecule has 0 aromatic heterocycles. The van der Waals surface area contributed by atoms with Crippen LogP contribution in [0.3, 0.4) is 0 Å². The van der Waals surface area contributed by atoms with Crippen molar-refractivity contribution in [2.45, 2.75) is 18.2 Å². The summed E-state index contributed by atoms with van der Waals surface area (Å²) in [7, 11) is 1.46. The van der Waals surface area contributed by atoms with Gasteiger partial charge < -0.3 is 15.4 Å². The third-order valence-corrected chi connectivity index (χ3v) is 3.40. The number of amides is 2. The summed E-state index contributed by atoms with van der Waals surface area (Å²) in [5.41, 5.74) is 1.25. The zero-order valence-corrected chi connectivity index (χ0v) is 12.5. The number of halogens is 1. The Morgan fingerprint density at radius 2 is 1.95 bits per heavy atom. The highest BCUT2D eigenvalue weighted by Crippen LogP contribution is 2.16. The number of carbonyl (C=O) groups excluding carboxylic acids is 2. The van der Waals surface area contributed by atoms with E-state index in [0.29, 0.717) is 17.8 Å². The molecule has 0 saturated carbocycles. The molecule has 0 aliphatic rings. The Bertz CT molecular complexity index is 451. The topological polar surface area (TPSA) is 67.4 Å². The van der Waals surface area contributed by atoms with Gasteiger partial charge in [-0.3, -0.25) is 9.59 Å². The van der Waals surface area contributed by atoms with Crippen LogP contribution < -0.4 is 10.6 Å².